The van der Waals surface area contributed by atoms with Crippen molar-refractivity contribution < 1.29 is 21.2 Å². The molecular weight excluding hydrogens is 138 g/mol. The van der Waals surface area contributed by atoms with Crippen molar-refractivity contribution in [1.29, 1.82) is 0 Å². The van der Waals surface area contributed by atoms with E-state index in [4.69, 9.17) is 11.6 Å². The fourth-order valence-electron chi connectivity index (χ4n) is 0.391. The number of nitrogens with two attached hydrogens (primary N) is 1. The molecule has 0 aromatic rings. The summed E-state index contributed by atoms with van der Waals surface area (Å²) in [5.74, 6) is -2.27. The van der Waals surface area contributed by atoms with E-state index in [2.05, 4.69) is 0 Å². The van der Waals surface area contributed by atoms with Crippen LogP contribution < -0.4 is 5.73 Å². The number of rotatable bonds is 5. The highest BCUT2D eigenvalue weighted by atomic mass is 16.4. The summed E-state index contributed by atoms with van der Waals surface area (Å²) in [4.78, 5) is 20.1. The normalized spacial score (nSPS) is 13.8. The molecule has 5 nitrogen and oxygen atoms in total. The average Bonchev–Trinajstić information content (AvgIpc) is 1.87. The molecule has 0 aliphatic rings. The van der Waals surface area contributed by atoms with Gasteiger partial charge in [-0.2, -0.15) is 0 Å². The molecule has 0 radical (unpaired) electrons. The van der Waals surface area contributed by atoms with Crippen molar-refractivity contribution in [2.75, 3.05) is 0 Å². The van der Waals surface area contributed by atoms with Crippen molar-refractivity contribution in [3.05, 3.63) is 0 Å². The fraction of sp³-hybridized carbons (Fsp3) is 0.600. The van der Waals surface area contributed by atoms with Crippen molar-refractivity contribution in [1.82, 2.24) is 0 Å². The van der Waals surface area contributed by atoms with Crippen LogP contribution in [0.4, 0.5) is 0 Å². The molecule has 5 heteroatoms. The molecule has 0 heterocycles. The zero-order chi connectivity index (χ0) is 8.85. The standard InChI is InChI=1S/C5H9NO4/c6-3(5(9)10)1-2-4(7)8/h3H,1-2,6H2,(H,7,8)(H,9,10)/t3-/m1/s1/i/hD. The molecule has 0 rings (SSSR count). The molecule has 0 bridgehead atoms. The lowest BCUT2D eigenvalue weighted by Crippen LogP contribution is -2.30. The zero-order valence-corrected chi connectivity index (χ0v) is 5.20. The Balaban J connectivity index is 3.70. The van der Waals surface area contributed by atoms with E-state index in [1.165, 1.54) is 0 Å². The first kappa shape index (κ1) is 7.01. The summed E-state index contributed by atoms with van der Waals surface area (Å²) in [5.41, 5.74) is 1.74. The number of carboxylic acid groups (broad SMARTS) is 2. The topological polar surface area (TPSA) is 101 Å². The number of hydrogen-bond donors (Lipinski definition) is 3. The van der Waals surface area contributed by atoms with Gasteiger partial charge in [-0.15, -0.1) is 0 Å². The van der Waals surface area contributed by atoms with E-state index >= 15 is 0 Å². The van der Waals surface area contributed by atoms with Gasteiger partial charge in [0, 0.05) is 6.42 Å². The third-order valence-corrected chi connectivity index (χ3v) is 0.945. The van der Waals surface area contributed by atoms with Crippen LogP contribution in [0.2, 0.25) is 1.41 Å². The highest BCUT2D eigenvalue weighted by molar-refractivity contribution is 5.74. The Morgan fingerprint density at radius 3 is 2.50 bits per heavy atom. The van der Waals surface area contributed by atoms with Gasteiger partial charge in [0.05, 0.1) is 0 Å². The lowest BCUT2D eigenvalue weighted by molar-refractivity contribution is -0.139. The first-order valence-corrected chi connectivity index (χ1v) is 2.69. The first-order valence-electron chi connectivity index (χ1n) is 3.19. The van der Waals surface area contributed by atoms with E-state index in [0.717, 1.165) is 0 Å². The number of carboxylic acids is 2. The van der Waals surface area contributed by atoms with Gasteiger partial charge >= 0.3 is 11.9 Å². The maximum atomic E-state index is 10.2. The van der Waals surface area contributed by atoms with Crippen LogP contribution in [0.5, 0.6) is 0 Å². The minimum atomic E-state index is -1.21. The Labute approximate surface area is 58.9 Å². The molecule has 10 heavy (non-hydrogen) atoms. The minimum absolute atomic E-state index is 0.0752. The predicted octanol–water partition coefficient (Wildman–Crippen LogP) is -0.737. The Morgan fingerprint density at radius 2 is 2.20 bits per heavy atom. The van der Waals surface area contributed by atoms with Crippen molar-refractivity contribution in [2.45, 2.75) is 18.9 Å². The van der Waals surface area contributed by atoms with Gasteiger partial charge in [-0.3, -0.25) is 9.59 Å². The maximum absolute atomic E-state index is 10.2. The summed E-state index contributed by atoms with van der Waals surface area (Å²) in [7, 11) is 0. The van der Waals surface area contributed by atoms with Gasteiger partial charge in [-0.05, 0) is 6.42 Å². The zero-order valence-electron chi connectivity index (χ0n) is 6.20. The lowest BCUT2D eigenvalue weighted by Gasteiger charge is -2.01. The van der Waals surface area contributed by atoms with Crippen molar-refractivity contribution in [3.8, 4) is 0 Å². The monoisotopic (exact) mass is 148 g/mol. The van der Waals surface area contributed by atoms with Gasteiger partial charge < -0.3 is 15.9 Å². The van der Waals surface area contributed by atoms with Crippen LogP contribution in [0.15, 0.2) is 0 Å². The molecule has 58 valence electrons. The van der Waals surface area contributed by atoms with Gasteiger partial charge in [0.2, 0.25) is 0 Å². The second-order valence-corrected chi connectivity index (χ2v) is 1.82. The Morgan fingerprint density at radius 1 is 1.60 bits per heavy atom. The smallest absolute Gasteiger partial charge is 0.320 e. The molecular formula is C5H9NO4. The number of aliphatic carboxylic acids is 2. The van der Waals surface area contributed by atoms with Crippen LogP contribution >= 0.6 is 0 Å². The fourth-order valence-corrected chi connectivity index (χ4v) is 0.391. The molecule has 0 aromatic carbocycles. The largest absolute Gasteiger partial charge is 0.481 e. The van der Waals surface area contributed by atoms with Crippen LogP contribution in [0, 0.1) is 0 Å². The maximum Gasteiger partial charge on any atom is 0.320 e. The van der Waals surface area contributed by atoms with Gasteiger partial charge in [0.25, 0.3) is 0 Å². The van der Waals surface area contributed by atoms with Crippen molar-refractivity contribution in [3.63, 3.8) is 0 Å². The predicted molar refractivity (Wildman–Crippen MR) is 32.5 cm³/mol. The second-order valence-electron chi connectivity index (χ2n) is 1.82. The molecule has 0 spiro atoms. The van der Waals surface area contributed by atoms with Crippen LogP contribution in [-0.2, 0) is 9.59 Å². The molecule has 1 atom stereocenters. The van der Waals surface area contributed by atoms with Gasteiger partial charge in [-0.25, -0.2) is 0 Å². The molecule has 0 saturated carbocycles. The third kappa shape index (κ3) is 3.85. The quantitative estimate of drug-likeness (QED) is 0.476. The molecule has 0 aliphatic heterocycles. The van der Waals surface area contributed by atoms with Crippen molar-refractivity contribution in [2.24, 2.45) is 5.73 Å². The molecule has 4 N–H and O–H groups in total. The Bertz CT molecular complexity index is 161. The SMILES string of the molecule is [2H]N[C@H](CCC(=O)O)C(=O)O. The summed E-state index contributed by atoms with van der Waals surface area (Å²) in [6, 6.07) is -1.09. The summed E-state index contributed by atoms with van der Waals surface area (Å²) in [6.07, 6.45) is -0.322. The molecule has 0 fully saturated rings. The number of carbonyl (C=O) groups is 2. The van der Waals surface area contributed by atoms with E-state index in [1.807, 2.05) is 0 Å². The van der Waals surface area contributed by atoms with Gasteiger partial charge in [-0.1, -0.05) is 0 Å². The van der Waals surface area contributed by atoms with Crippen molar-refractivity contribution >= 4 is 11.9 Å². The van der Waals surface area contributed by atoms with Gasteiger partial charge in [0.15, 0.2) is 0 Å². The Hall–Kier alpha value is -1.10. The highest BCUT2D eigenvalue weighted by Gasteiger charge is 2.12. The first-order chi connectivity index (χ1) is 5.07. The summed E-state index contributed by atoms with van der Waals surface area (Å²) >= 11 is 0. The van der Waals surface area contributed by atoms with E-state index in [0.29, 0.717) is 0 Å². The van der Waals surface area contributed by atoms with E-state index in [-0.39, 0.29) is 12.8 Å². The second kappa shape index (κ2) is 3.84. The Kier molecular flexibility index (Phi) is 2.69. The van der Waals surface area contributed by atoms with E-state index in [1.54, 1.807) is 5.73 Å². The average molecular weight is 148 g/mol. The highest BCUT2D eigenvalue weighted by Crippen LogP contribution is 1.93. The third-order valence-electron chi connectivity index (χ3n) is 0.945. The summed E-state index contributed by atoms with van der Waals surface area (Å²) in [5, 5.41) is 16.5. The summed E-state index contributed by atoms with van der Waals surface area (Å²) in [6.45, 7) is 0. The summed E-state index contributed by atoms with van der Waals surface area (Å²) < 4.78 is 6.51. The van der Waals surface area contributed by atoms with Gasteiger partial charge in [0.1, 0.15) is 7.45 Å². The molecule has 0 unspecified atom stereocenters. The van der Waals surface area contributed by atoms with Crippen LogP contribution in [0.1, 0.15) is 12.8 Å². The van der Waals surface area contributed by atoms with E-state index < -0.39 is 18.0 Å². The minimum Gasteiger partial charge on any atom is -0.481 e. The molecule has 0 aliphatic carbocycles. The van der Waals surface area contributed by atoms with Crippen LogP contribution in [0.25, 0.3) is 0 Å². The van der Waals surface area contributed by atoms with Crippen LogP contribution in [0.3, 0.4) is 0 Å². The molecule has 0 amide bonds. The lowest BCUT2D eigenvalue weighted by atomic mass is 10.2. The molecule has 0 aromatic heterocycles. The molecule has 0 saturated heterocycles. The number of hydrogen-bond acceptors (Lipinski definition) is 3. The van der Waals surface area contributed by atoms with Crippen LogP contribution in [-0.4, -0.2) is 28.2 Å². The van der Waals surface area contributed by atoms with E-state index in [9.17, 15) is 9.59 Å².